The van der Waals surface area contributed by atoms with Gasteiger partial charge < -0.3 is 56.4 Å². The molecule has 4 bridgehead atoms. The van der Waals surface area contributed by atoms with E-state index in [4.69, 9.17) is 37.5 Å². The Labute approximate surface area is 194 Å². The van der Waals surface area contributed by atoms with Gasteiger partial charge in [0.2, 0.25) is 0 Å². The van der Waals surface area contributed by atoms with E-state index in [1.165, 1.54) is 7.11 Å². The van der Waals surface area contributed by atoms with Crippen molar-refractivity contribution in [3.05, 3.63) is 0 Å². The predicted molar refractivity (Wildman–Crippen MR) is 111 cm³/mol. The molecule has 0 amide bonds. The fraction of sp³-hybridized carbons (Fsp3) is 1.00. The largest absolute Gasteiger partial charge is 0.779 e. The zero-order valence-corrected chi connectivity index (χ0v) is 21.6. The second kappa shape index (κ2) is 10.2. The Morgan fingerprint density at radius 1 is 0.848 bits per heavy atom. The third kappa shape index (κ3) is 6.07. The molecule has 0 radical (unpaired) electrons. The lowest BCUT2D eigenvalue weighted by molar-refractivity contribution is -0.217. The molecule has 4 aliphatic rings. The molecule has 0 aromatic rings. The minimum absolute atomic E-state index is 0.180. The van der Waals surface area contributed by atoms with E-state index in [1.807, 2.05) is 13.8 Å². The number of ether oxygens (including phenoxy) is 6. The Kier molecular flexibility index (Phi) is 8.55. The summed E-state index contributed by atoms with van der Waals surface area (Å²) in [6, 6.07) is 0. The van der Waals surface area contributed by atoms with Crippen molar-refractivity contribution in [1.82, 2.24) is 0 Å². The summed E-state index contributed by atoms with van der Waals surface area (Å²) in [5, 5.41) is 0. The van der Waals surface area contributed by atoms with E-state index in [0.29, 0.717) is 26.2 Å². The average Bonchev–Trinajstić information content (AvgIpc) is 3.14. The van der Waals surface area contributed by atoms with Crippen molar-refractivity contribution in [2.45, 2.75) is 68.1 Å². The molecule has 14 heteroatoms. The van der Waals surface area contributed by atoms with Crippen molar-refractivity contribution in [3.63, 3.8) is 0 Å². The third-order valence-electron chi connectivity index (χ3n) is 6.14. The van der Waals surface area contributed by atoms with Gasteiger partial charge in [-0.25, -0.2) is 0 Å². The summed E-state index contributed by atoms with van der Waals surface area (Å²) >= 11 is 0. The van der Waals surface area contributed by atoms with Crippen molar-refractivity contribution in [1.29, 1.82) is 0 Å². The molecule has 4 fully saturated rings. The first-order valence-electron chi connectivity index (χ1n) is 10.8. The van der Waals surface area contributed by atoms with Crippen molar-refractivity contribution in [3.8, 4) is 0 Å². The molecule has 10 atom stereocenters. The molecular formula is C19H34O12P2-2. The molecule has 4 rings (SSSR count). The van der Waals surface area contributed by atoms with E-state index in [-0.39, 0.29) is 31.0 Å². The van der Waals surface area contributed by atoms with Crippen LogP contribution in [0.25, 0.3) is 0 Å². The minimum atomic E-state index is -3.83. The Bertz CT molecular complexity index is 766. The maximum Gasteiger partial charge on any atom is 0.144 e. The fourth-order valence-electron chi connectivity index (χ4n) is 5.03. The highest BCUT2D eigenvalue weighted by atomic mass is 31.2. The summed E-state index contributed by atoms with van der Waals surface area (Å²) < 4.78 is 65.6. The Morgan fingerprint density at radius 2 is 1.30 bits per heavy atom. The maximum atomic E-state index is 11.3. The zero-order chi connectivity index (χ0) is 24.7. The van der Waals surface area contributed by atoms with E-state index in [2.05, 4.69) is 0 Å². The fourth-order valence-corrected chi connectivity index (χ4v) is 6.48. The Hall–Kier alpha value is 0.0600. The number of methoxy groups -OCH3 is 2. The number of hydrogen-bond acceptors (Lipinski definition) is 12. The summed E-state index contributed by atoms with van der Waals surface area (Å²) in [5.74, 6) is 0. The second-order valence-electron chi connectivity index (χ2n) is 9.10. The minimum Gasteiger partial charge on any atom is -0.779 e. The van der Waals surface area contributed by atoms with Crippen LogP contribution in [0.3, 0.4) is 0 Å². The van der Waals surface area contributed by atoms with Gasteiger partial charge >= 0.3 is 0 Å². The highest BCUT2D eigenvalue weighted by Gasteiger charge is 2.62. The average molecular weight is 516 g/mol. The first kappa shape index (κ1) is 27.6. The van der Waals surface area contributed by atoms with E-state index in [9.17, 15) is 18.9 Å². The first-order chi connectivity index (χ1) is 15.3. The molecule has 0 saturated carbocycles. The van der Waals surface area contributed by atoms with Gasteiger partial charge in [-0.2, -0.15) is 0 Å². The van der Waals surface area contributed by atoms with Gasteiger partial charge in [0.15, 0.2) is 0 Å². The van der Waals surface area contributed by atoms with Crippen LogP contribution in [0.1, 0.15) is 20.3 Å². The first-order valence-corrected chi connectivity index (χ1v) is 14.7. The van der Waals surface area contributed by atoms with Crippen LogP contribution in [0.4, 0.5) is 0 Å². The van der Waals surface area contributed by atoms with Gasteiger partial charge in [-0.3, -0.25) is 0 Å². The molecule has 12 nitrogen and oxygen atoms in total. The number of hydrogen-bond donors (Lipinski definition) is 0. The smallest absolute Gasteiger partial charge is 0.144 e. The van der Waals surface area contributed by atoms with Crippen LogP contribution in [0.15, 0.2) is 0 Å². The molecule has 4 saturated heterocycles. The van der Waals surface area contributed by atoms with Crippen LogP contribution < -0.4 is 9.79 Å². The van der Waals surface area contributed by atoms with Gasteiger partial charge in [-0.1, -0.05) is 0 Å². The van der Waals surface area contributed by atoms with Crippen molar-refractivity contribution >= 4 is 15.2 Å². The van der Waals surface area contributed by atoms with Crippen LogP contribution in [0.5, 0.6) is 0 Å². The number of rotatable bonds is 8. The molecule has 0 spiro atoms. The zero-order valence-electron chi connectivity index (χ0n) is 19.8. The molecule has 4 aliphatic heterocycles. The molecule has 194 valence electrons. The predicted octanol–water partition coefficient (Wildman–Crippen LogP) is -0.0949. The van der Waals surface area contributed by atoms with Gasteiger partial charge in [0, 0.05) is 34.0 Å². The lowest BCUT2D eigenvalue weighted by Crippen LogP contribution is -2.53. The molecule has 0 aromatic carbocycles. The lowest BCUT2D eigenvalue weighted by atomic mass is 9.90. The molecule has 0 aromatic heterocycles. The van der Waals surface area contributed by atoms with Gasteiger partial charge in [-0.15, -0.1) is 0 Å². The van der Waals surface area contributed by atoms with E-state index < -0.39 is 38.6 Å². The van der Waals surface area contributed by atoms with Crippen LogP contribution in [-0.2, 0) is 46.6 Å². The molecule has 33 heavy (non-hydrogen) atoms. The van der Waals surface area contributed by atoms with Crippen molar-refractivity contribution < 1.29 is 56.4 Å². The normalized spacial score (nSPS) is 45.2. The van der Waals surface area contributed by atoms with Gasteiger partial charge in [-0.05, 0) is 13.8 Å². The van der Waals surface area contributed by atoms with E-state index in [1.54, 1.807) is 7.11 Å². The van der Waals surface area contributed by atoms with E-state index in [0.717, 1.165) is 13.3 Å². The summed E-state index contributed by atoms with van der Waals surface area (Å²) in [7, 11) is -4.54. The van der Waals surface area contributed by atoms with Crippen molar-refractivity contribution in [2.75, 3.05) is 54.0 Å². The molecule has 0 N–H and O–H groups in total. The van der Waals surface area contributed by atoms with Gasteiger partial charge in [0.1, 0.15) is 50.8 Å². The van der Waals surface area contributed by atoms with Gasteiger partial charge in [0.05, 0.1) is 38.6 Å². The monoisotopic (exact) mass is 516 g/mol. The highest BCUT2D eigenvalue weighted by Crippen LogP contribution is 2.49. The van der Waals surface area contributed by atoms with E-state index >= 15 is 0 Å². The van der Waals surface area contributed by atoms with Crippen LogP contribution in [-0.4, -0.2) is 102 Å². The quantitative estimate of drug-likeness (QED) is 0.396. The molecule has 4 heterocycles. The lowest BCUT2D eigenvalue weighted by Gasteiger charge is -2.40. The SMILES string of the molecule is COC[C@]12CCO[C@H](C1OP(C)(=O)[O-])[C@H](C)O2.COC[C@]12CO[C@@H](C1OP(C)(=O)[O-])[C@H](C)O2. The standard InChI is InChI=1S/C10H19O6P.C9H17O6P/c1-7-8-9(16-17(3,11)12)10(15-7,6-13-2)4-5-14-8;1-6-7-8(15-16(3,10)11)9(14-6,4-12-2)5-13-7/h7-9H,4-6H2,1-3H3,(H,11,12);6-8H,4-5H2,1-3H3,(H,10,11)/p-2/t7-,8-,9?,10+;6-,7+,8?,9-/m00/s1. The highest BCUT2D eigenvalue weighted by molar-refractivity contribution is 7.50. The van der Waals surface area contributed by atoms with Gasteiger partial charge in [0.25, 0.3) is 0 Å². The maximum absolute atomic E-state index is 11.3. The third-order valence-corrected chi connectivity index (χ3v) is 7.36. The summed E-state index contributed by atoms with van der Waals surface area (Å²) in [5.41, 5.74) is -1.48. The Morgan fingerprint density at radius 3 is 1.79 bits per heavy atom. The Balaban J connectivity index is 0.000000186. The van der Waals surface area contributed by atoms with Crippen LogP contribution >= 0.6 is 15.2 Å². The van der Waals surface area contributed by atoms with Crippen LogP contribution in [0.2, 0.25) is 0 Å². The summed E-state index contributed by atoms with van der Waals surface area (Å²) in [4.78, 5) is 22.5. The molecule has 0 aliphatic carbocycles. The molecular weight excluding hydrogens is 482 g/mol. The van der Waals surface area contributed by atoms with Crippen molar-refractivity contribution in [2.24, 2.45) is 0 Å². The van der Waals surface area contributed by atoms with Crippen LogP contribution in [0, 0.1) is 0 Å². The summed E-state index contributed by atoms with van der Waals surface area (Å²) in [6.45, 7) is 7.21. The molecule has 4 unspecified atom stereocenters. The number of fused-ring (bicyclic) bond motifs is 4. The second-order valence-corrected chi connectivity index (χ2v) is 12.6. The summed E-state index contributed by atoms with van der Waals surface area (Å²) in [6.07, 6.45) is -1.69. The topological polar surface area (TPSA) is 154 Å².